The number of aryl methyl sites for hydroxylation is 2. The molecule has 80 valence electrons. The number of thiophene rings is 1. The van der Waals surface area contributed by atoms with Gasteiger partial charge in [-0.05, 0) is 24.8 Å². The first-order valence-electron chi connectivity index (χ1n) is 4.71. The summed E-state index contributed by atoms with van der Waals surface area (Å²) in [6.07, 6.45) is 0. The van der Waals surface area contributed by atoms with Gasteiger partial charge in [-0.2, -0.15) is 16.6 Å². The molecule has 0 saturated heterocycles. The van der Waals surface area contributed by atoms with Crippen molar-refractivity contribution >= 4 is 17.2 Å². The van der Waals surface area contributed by atoms with Crippen molar-refractivity contribution in [1.82, 2.24) is 9.97 Å². The highest BCUT2D eigenvalue weighted by Crippen LogP contribution is 2.25. The molecule has 2 heterocycles. The first-order chi connectivity index (χ1) is 7.63. The van der Waals surface area contributed by atoms with E-state index in [0.29, 0.717) is 17.1 Å². The molecule has 0 aliphatic heterocycles. The summed E-state index contributed by atoms with van der Waals surface area (Å²) in [6.45, 7) is 3.76. The number of nitrogen functional groups attached to an aromatic ring is 1. The highest BCUT2D eigenvalue weighted by atomic mass is 32.1. The van der Waals surface area contributed by atoms with Crippen molar-refractivity contribution in [2.75, 3.05) is 5.73 Å². The summed E-state index contributed by atoms with van der Waals surface area (Å²) < 4.78 is 0. The molecule has 0 atom stereocenters. The normalized spacial score (nSPS) is 10.1. The average molecular weight is 230 g/mol. The van der Waals surface area contributed by atoms with Gasteiger partial charge in [0.1, 0.15) is 17.5 Å². The van der Waals surface area contributed by atoms with Crippen LogP contribution in [0.5, 0.6) is 0 Å². The molecule has 16 heavy (non-hydrogen) atoms. The summed E-state index contributed by atoms with van der Waals surface area (Å²) in [7, 11) is 0. The summed E-state index contributed by atoms with van der Waals surface area (Å²) in [5.74, 6) is 0.836. The Morgan fingerprint density at radius 2 is 2.06 bits per heavy atom. The third-order valence-corrected chi connectivity index (χ3v) is 3.19. The summed E-state index contributed by atoms with van der Waals surface area (Å²) >= 11 is 1.60. The number of hydrogen-bond donors (Lipinski definition) is 1. The van der Waals surface area contributed by atoms with Gasteiger partial charge in [-0.1, -0.05) is 0 Å². The third kappa shape index (κ3) is 1.64. The number of nitrogens with zero attached hydrogens (tertiary/aromatic N) is 3. The number of nitriles is 1. The molecule has 0 aliphatic carbocycles. The first-order valence-corrected chi connectivity index (χ1v) is 5.65. The van der Waals surface area contributed by atoms with E-state index in [1.165, 1.54) is 0 Å². The Hall–Kier alpha value is -1.93. The smallest absolute Gasteiger partial charge is 0.162 e. The van der Waals surface area contributed by atoms with E-state index in [-0.39, 0.29) is 5.82 Å². The number of aromatic nitrogens is 2. The molecule has 0 bridgehead atoms. The molecule has 0 spiro atoms. The van der Waals surface area contributed by atoms with Crippen LogP contribution in [0.25, 0.3) is 11.4 Å². The fraction of sp³-hybridized carbons (Fsp3) is 0.182. The minimum absolute atomic E-state index is 0.246. The van der Waals surface area contributed by atoms with Crippen molar-refractivity contribution in [2.45, 2.75) is 13.8 Å². The van der Waals surface area contributed by atoms with E-state index in [2.05, 4.69) is 9.97 Å². The molecule has 0 saturated carbocycles. The van der Waals surface area contributed by atoms with Gasteiger partial charge in [0.05, 0.1) is 5.69 Å². The molecule has 0 aromatic carbocycles. The molecular weight excluding hydrogens is 220 g/mol. The second-order valence-electron chi connectivity index (χ2n) is 3.47. The molecule has 2 N–H and O–H groups in total. The van der Waals surface area contributed by atoms with Gasteiger partial charge < -0.3 is 5.73 Å². The Balaban J connectivity index is 2.62. The molecule has 2 rings (SSSR count). The summed E-state index contributed by atoms with van der Waals surface area (Å²) in [6, 6.07) is 2.00. The Kier molecular flexibility index (Phi) is 2.59. The highest BCUT2D eigenvalue weighted by Gasteiger charge is 2.11. The van der Waals surface area contributed by atoms with Gasteiger partial charge in [0.2, 0.25) is 0 Å². The van der Waals surface area contributed by atoms with Crippen LogP contribution in [-0.4, -0.2) is 9.97 Å². The fourth-order valence-corrected chi connectivity index (χ4v) is 2.27. The lowest BCUT2D eigenvalue weighted by Crippen LogP contribution is -2.02. The van der Waals surface area contributed by atoms with Gasteiger partial charge in [-0.25, -0.2) is 9.97 Å². The Bertz CT molecular complexity index is 557. The van der Waals surface area contributed by atoms with Crippen LogP contribution in [0.2, 0.25) is 0 Å². The molecule has 0 radical (unpaired) electrons. The monoisotopic (exact) mass is 230 g/mol. The van der Waals surface area contributed by atoms with Crippen LogP contribution in [0.15, 0.2) is 10.8 Å². The number of nitrogens with two attached hydrogens (primary N) is 1. The van der Waals surface area contributed by atoms with E-state index < -0.39 is 0 Å². The fourth-order valence-electron chi connectivity index (χ4n) is 1.44. The minimum Gasteiger partial charge on any atom is -0.382 e. The molecule has 5 heteroatoms. The lowest BCUT2D eigenvalue weighted by atomic mass is 10.2. The molecule has 0 aliphatic rings. The summed E-state index contributed by atoms with van der Waals surface area (Å²) in [5.41, 5.74) is 8.79. The van der Waals surface area contributed by atoms with Crippen molar-refractivity contribution < 1.29 is 0 Å². The van der Waals surface area contributed by atoms with E-state index in [9.17, 15) is 0 Å². The molecule has 0 unspecified atom stereocenters. The Morgan fingerprint density at radius 3 is 2.56 bits per heavy atom. The van der Waals surface area contributed by atoms with Gasteiger partial charge in [0.15, 0.2) is 5.82 Å². The van der Waals surface area contributed by atoms with Crippen LogP contribution in [0.4, 0.5) is 5.82 Å². The van der Waals surface area contributed by atoms with Gasteiger partial charge in [0, 0.05) is 10.9 Å². The van der Waals surface area contributed by atoms with E-state index in [4.69, 9.17) is 11.0 Å². The predicted octanol–water partition coefficient (Wildman–Crippen LogP) is 2.28. The SMILES string of the molecule is Cc1cscc1-c1nc(C)c(C#N)c(N)n1. The third-order valence-electron chi connectivity index (χ3n) is 2.33. The molecular formula is C11H10N4S. The van der Waals surface area contributed by atoms with Crippen LogP contribution < -0.4 is 5.73 Å². The standard InChI is InChI=1S/C11H10N4S/c1-6-4-16-5-9(6)11-14-7(2)8(3-12)10(13)15-11/h4-5H,1-2H3,(H2,13,14,15). The maximum Gasteiger partial charge on any atom is 0.162 e. The topological polar surface area (TPSA) is 75.6 Å². The predicted molar refractivity (Wildman–Crippen MR) is 63.9 cm³/mol. The van der Waals surface area contributed by atoms with Crippen molar-refractivity contribution in [3.63, 3.8) is 0 Å². The van der Waals surface area contributed by atoms with Crippen LogP contribution in [0, 0.1) is 25.2 Å². The maximum atomic E-state index is 8.87. The molecule has 0 amide bonds. The number of anilines is 1. The second-order valence-corrected chi connectivity index (χ2v) is 4.22. The molecule has 4 nitrogen and oxygen atoms in total. The Morgan fingerprint density at radius 1 is 1.31 bits per heavy atom. The van der Waals surface area contributed by atoms with Gasteiger partial charge in [-0.3, -0.25) is 0 Å². The van der Waals surface area contributed by atoms with Crippen LogP contribution in [0.3, 0.4) is 0 Å². The Labute approximate surface area is 97.4 Å². The van der Waals surface area contributed by atoms with E-state index in [1.807, 2.05) is 23.8 Å². The zero-order valence-corrected chi connectivity index (χ0v) is 9.80. The van der Waals surface area contributed by atoms with Gasteiger partial charge in [-0.15, -0.1) is 0 Å². The largest absolute Gasteiger partial charge is 0.382 e. The van der Waals surface area contributed by atoms with Crippen LogP contribution in [-0.2, 0) is 0 Å². The first kappa shape index (κ1) is 10.6. The average Bonchev–Trinajstić information content (AvgIpc) is 2.64. The maximum absolute atomic E-state index is 8.87. The highest BCUT2D eigenvalue weighted by molar-refractivity contribution is 7.08. The van der Waals surface area contributed by atoms with E-state index >= 15 is 0 Å². The van der Waals surface area contributed by atoms with Crippen LogP contribution >= 0.6 is 11.3 Å². The zero-order chi connectivity index (χ0) is 11.7. The summed E-state index contributed by atoms with van der Waals surface area (Å²) in [4.78, 5) is 8.46. The lowest BCUT2D eigenvalue weighted by molar-refractivity contribution is 1.10. The second kappa shape index (κ2) is 3.91. The number of hydrogen-bond acceptors (Lipinski definition) is 5. The minimum atomic E-state index is 0.246. The molecule has 2 aromatic rings. The van der Waals surface area contributed by atoms with Crippen molar-refractivity contribution in [1.29, 1.82) is 5.26 Å². The van der Waals surface area contributed by atoms with E-state index in [1.54, 1.807) is 18.3 Å². The summed E-state index contributed by atoms with van der Waals surface area (Å²) in [5, 5.41) is 12.9. The lowest BCUT2D eigenvalue weighted by Gasteiger charge is -2.04. The van der Waals surface area contributed by atoms with Crippen molar-refractivity contribution in [3.05, 3.63) is 27.6 Å². The van der Waals surface area contributed by atoms with Crippen LogP contribution in [0.1, 0.15) is 16.8 Å². The van der Waals surface area contributed by atoms with Gasteiger partial charge in [0.25, 0.3) is 0 Å². The van der Waals surface area contributed by atoms with Crippen molar-refractivity contribution in [2.24, 2.45) is 0 Å². The molecule has 2 aromatic heterocycles. The number of rotatable bonds is 1. The van der Waals surface area contributed by atoms with Crippen molar-refractivity contribution in [3.8, 4) is 17.5 Å². The molecule has 0 fully saturated rings. The van der Waals surface area contributed by atoms with E-state index in [0.717, 1.165) is 11.1 Å². The van der Waals surface area contributed by atoms with Gasteiger partial charge >= 0.3 is 0 Å². The quantitative estimate of drug-likeness (QED) is 0.815. The zero-order valence-electron chi connectivity index (χ0n) is 8.98.